The highest BCUT2D eigenvalue weighted by Crippen LogP contribution is 2.69. The fourth-order valence-electron chi connectivity index (χ4n) is 2.94. The summed E-state index contributed by atoms with van der Waals surface area (Å²) < 4.78 is 13.3. The van der Waals surface area contributed by atoms with E-state index in [0.29, 0.717) is 24.8 Å². The van der Waals surface area contributed by atoms with Crippen LogP contribution in [0.1, 0.15) is 35.2 Å². The molecule has 0 heterocycles. The molecular weight excluding hydrogens is 195 g/mol. The van der Waals surface area contributed by atoms with Gasteiger partial charge in [0.05, 0.1) is 5.56 Å². The molecule has 0 unspecified atom stereocenters. The molecule has 3 aliphatic carbocycles. The van der Waals surface area contributed by atoms with E-state index in [1.54, 1.807) is 12.1 Å². The van der Waals surface area contributed by atoms with Gasteiger partial charge in [-0.15, -0.1) is 0 Å². The number of carbonyl (C=O) groups is 1. The zero-order chi connectivity index (χ0) is 10.7. The highest BCUT2D eigenvalue weighted by molar-refractivity contribution is 5.87. The molecule has 0 aliphatic heterocycles. The summed E-state index contributed by atoms with van der Waals surface area (Å²) in [5.41, 5.74) is 0.518. The summed E-state index contributed by atoms with van der Waals surface area (Å²) in [6.07, 6.45) is 1.85. The van der Waals surface area contributed by atoms with Crippen molar-refractivity contribution in [2.75, 3.05) is 0 Å². The minimum atomic E-state index is -0.916. The van der Waals surface area contributed by atoms with Gasteiger partial charge >= 0.3 is 5.97 Å². The molecule has 0 saturated heterocycles. The van der Waals surface area contributed by atoms with Crippen LogP contribution in [0.3, 0.4) is 0 Å². The van der Waals surface area contributed by atoms with E-state index in [1.165, 1.54) is 0 Å². The monoisotopic (exact) mass is 206 g/mol. The van der Waals surface area contributed by atoms with Crippen molar-refractivity contribution in [2.24, 2.45) is 0 Å². The highest BCUT2D eigenvalue weighted by Gasteiger charge is 2.69. The maximum absolute atomic E-state index is 13.3. The minimum absolute atomic E-state index is 0.0335. The fourth-order valence-corrected chi connectivity index (χ4v) is 2.94. The molecule has 3 aliphatic rings. The molecule has 3 heteroatoms. The number of carboxylic acids is 1. The number of carboxylic acid groups (broad SMARTS) is 1. The van der Waals surface area contributed by atoms with Gasteiger partial charge in [0.15, 0.2) is 0 Å². The van der Waals surface area contributed by atoms with E-state index < -0.39 is 11.6 Å². The molecule has 15 heavy (non-hydrogen) atoms. The molecule has 2 bridgehead atoms. The lowest BCUT2D eigenvalue weighted by molar-refractivity contribution is -0.158. The zero-order valence-electron chi connectivity index (χ0n) is 8.16. The van der Waals surface area contributed by atoms with E-state index >= 15 is 0 Å². The zero-order valence-corrected chi connectivity index (χ0v) is 8.16. The summed E-state index contributed by atoms with van der Waals surface area (Å²) in [6.45, 7) is 0. The second-order valence-electron chi connectivity index (χ2n) is 4.84. The summed E-state index contributed by atoms with van der Waals surface area (Å²) in [7, 11) is 0. The van der Waals surface area contributed by atoms with Crippen LogP contribution < -0.4 is 0 Å². The number of alkyl halides is 1. The SMILES string of the molecule is O=C(O)c1ccc(C23CC(F)(C2)C3)cc1. The molecule has 4 rings (SSSR count). The summed E-state index contributed by atoms with van der Waals surface area (Å²) in [5.74, 6) is -0.916. The normalized spacial score (nSPS) is 36.6. The smallest absolute Gasteiger partial charge is 0.335 e. The van der Waals surface area contributed by atoms with Crippen molar-refractivity contribution < 1.29 is 14.3 Å². The third kappa shape index (κ3) is 1.06. The summed E-state index contributed by atoms with van der Waals surface area (Å²) in [5, 5.41) is 8.74. The van der Waals surface area contributed by atoms with Crippen LogP contribution in [0.15, 0.2) is 24.3 Å². The molecule has 78 valence electrons. The number of hydrogen-bond donors (Lipinski definition) is 1. The Bertz CT molecular complexity index is 416. The van der Waals surface area contributed by atoms with Gasteiger partial charge in [0.1, 0.15) is 5.67 Å². The minimum Gasteiger partial charge on any atom is -0.478 e. The van der Waals surface area contributed by atoms with Crippen molar-refractivity contribution in [3.63, 3.8) is 0 Å². The quantitative estimate of drug-likeness (QED) is 0.807. The number of benzene rings is 1. The Hall–Kier alpha value is -1.38. The average Bonchev–Trinajstić information content (AvgIpc) is 2.12. The number of halogens is 1. The molecule has 3 saturated carbocycles. The molecule has 2 nitrogen and oxygen atoms in total. The van der Waals surface area contributed by atoms with Crippen molar-refractivity contribution in [1.82, 2.24) is 0 Å². The first-order chi connectivity index (χ1) is 7.03. The number of rotatable bonds is 2. The van der Waals surface area contributed by atoms with E-state index in [1.807, 2.05) is 12.1 Å². The second-order valence-corrected chi connectivity index (χ2v) is 4.84. The third-order valence-corrected chi connectivity index (χ3v) is 3.71. The van der Waals surface area contributed by atoms with Crippen molar-refractivity contribution in [1.29, 1.82) is 0 Å². The molecule has 0 aromatic heterocycles. The first-order valence-corrected chi connectivity index (χ1v) is 5.06. The van der Waals surface area contributed by atoms with Crippen LogP contribution in [-0.4, -0.2) is 16.7 Å². The van der Waals surface area contributed by atoms with Crippen LogP contribution in [0.5, 0.6) is 0 Å². The van der Waals surface area contributed by atoms with Gasteiger partial charge in [-0.3, -0.25) is 0 Å². The Labute approximate surface area is 86.7 Å². The third-order valence-electron chi connectivity index (χ3n) is 3.71. The predicted octanol–water partition coefficient (Wildman–Crippen LogP) is 2.53. The number of hydrogen-bond acceptors (Lipinski definition) is 1. The Morgan fingerprint density at radius 1 is 1.20 bits per heavy atom. The van der Waals surface area contributed by atoms with Crippen LogP contribution in [0.2, 0.25) is 0 Å². The van der Waals surface area contributed by atoms with Gasteiger partial charge in [0.2, 0.25) is 0 Å². The van der Waals surface area contributed by atoms with Gasteiger partial charge in [-0.1, -0.05) is 12.1 Å². The number of aromatic carboxylic acids is 1. The van der Waals surface area contributed by atoms with E-state index in [-0.39, 0.29) is 5.41 Å². The second kappa shape index (κ2) is 2.40. The maximum atomic E-state index is 13.3. The summed E-state index contributed by atoms with van der Waals surface area (Å²) in [6, 6.07) is 6.84. The van der Waals surface area contributed by atoms with Gasteiger partial charge in [-0.2, -0.15) is 0 Å². The predicted molar refractivity (Wildman–Crippen MR) is 52.8 cm³/mol. The molecule has 0 radical (unpaired) electrons. The van der Waals surface area contributed by atoms with E-state index in [0.717, 1.165) is 5.56 Å². The van der Waals surface area contributed by atoms with E-state index in [2.05, 4.69) is 0 Å². The van der Waals surface area contributed by atoms with Gasteiger partial charge in [-0.25, -0.2) is 9.18 Å². The van der Waals surface area contributed by atoms with Crippen molar-refractivity contribution in [2.45, 2.75) is 30.3 Å². The highest BCUT2D eigenvalue weighted by atomic mass is 19.1. The summed E-state index contributed by atoms with van der Waals surface area (Å²) in [4.78, 5) is 10.6. The first-order valence-electron chi connectivity index (χ1n) is 5.06. The molecule has 1 N–H and O–H groups in total. The lowest BCUT2D eigenvalue weighted by Crippen LogP contribution is -2.67. The summed E-state index contributed by atoms with van der Waals surface area (Å²) >= 11 is 0. The molecular formula is C12H11FO2. The fraction of sp³-hybridized carbons (Fsp3) is 0.417. The lowest BCUT2D eigenvalue weighted by Gasteiger charge is -2.66. The molecule has 0 amide bonds. The Kier molecular flexibility index (Phi) is 1.43. The molecule has 1 aromatic rings. The van der Waals surface area contributed by atoms with Gasteiger partial charge in [0, 0.05) is 5.41 Å². The standard InChI is InChI=1S/C12H11FO2/c13-12-5-11(6-12,7-12)9-3-1-8(2-4-9)10(14)15/h1-4H,5-7H2,(H,14,15). The largest absolute Gasteiger partial charge is 0.478 e. The topological polar surface area (TPSA) is 37.3 Å². The average molecular weight is 206 g/mol. The Morgan fingerprint density at radius 3 is 2.13 bits per heavy atom. The van der Waals surface area contributed by atoms with E-state index in [4.69, 9.17) is 5.11 Å². The van der Waals surface area contributed by atoms with Crippen LogP contribution in [0.25, 0.3) is 0 Å². The molecule has 3 fully saturated rings. The maximum Gasteiger partial charge on any atom is 0.335 e. The molecule has 0 atom stereocenters. The van der Waals surface area contributed by atoms with Crippen LogP contribution in [0.4, 0.5) is 4.39 Å². The molecule has 1 aromatic carbocycles. The van der Waals surface area contributed by atoms with Crippen LogP contribution in [-0.2, 0) is 5.41 Å². The van der Waals surface area contributed by atoms with Crippen molar-refractivity contribution in [3.8, 4) is 0 Å². The molecule has 0 spiro atoms. The first kappa shape index (κ1) is 8.89. The van der Waals surface area contributed by atoms with Crippen LogP contribution >= 0.6 is 0 Å². The van der Waals surface area contributed by atoms with Gasteiger partial charge in [0.25, 0.3) is 0 Å². The van der Waals surface area contributed by atoms with E-state index in [9.17, 15) is 9.18 Å². The lowest BCUT2D eigenvalue weighted by atomic mass is 9.40. The Morgan fingerprint density at radius 2 is 1.73 bits per heavy atom. The van der Waals surface area contributed by atoms with Gasteiger partial charge in [-0.05, 0) is 37.0 Å². The van der Waals surface area contributed by atoms with Crippen molar-refractivity contribution >= 4 is 5.97 Å². The van der Waals surface area contributed by atoms with Gasteiger partial charge < -0.3 is 5.11 Å². The van der Waals surface area contributed by atoms with Crippen molar-refractivity contribution in [3.05, 3.63) is 35.4 Å². The van der Waals surface area contributed by atoms with Crippen LogP contribution in [0, 0.1) is 0 Å². The Balaban J connectivity index is 1.86.